The normalized spacial score (nSPS) is 9.30. The highest BCUT2D eigenvalue weighted by molar-refractivity contribution is 5.92. The van der Waals surface area contributed by atoms with Crippen LogP contribution in [0.25, 0.3) is 0 Å². The molecule has 10 heavy (non-hydrogen) atoms. The van der Waals surface area contributed by atoms with Crippen LogP contribution in [0.1, 0.15) is 17.4 Å². The van der Waals surface area contributed by atoms with E-state index in [2.05, 4.69) is 4.98 Å². The van der Waals surface area contributed by atoms with Crippen molar-refractivity contribution in [1.29, 1.82) is 0 Å². The summed E-state index contributed by atoms with van der Waals surface area (Å²) < 4.78 is 0. The van der Waals surface area contributed by atoms with E-state index < -0.39 is 0 Å². The molecule has 0 aliphatic heterocycles. The molecule has 0 aliphatic rings. The van der Waals surface area contributed by atoms with Crippen molar-refractivity contribution in [2.45, 2.75) is 6.92 Å². The Morgan fingerprint density at radius 2 is 2.40 bits per heavy atom. The predicted molar refractivity (Wildman–Crippen MR) is 37.0 cm³/mol. The van der Waals surface area contributed by atoms with Gasteiger partial charge in [0.15, 0.2) is 5.78 Å². The summed E-state index contributed by atoms with van der Waals surface area (Å²) in [5, 5.41) is 0. The molecule has 3 heteroatoms. The molecule has 1 aromatic rings. The molecule has 1 N–H and O–H groups in total. The summed E-state index contributed by atoms with van der Waals surface area (Å²) in [6.07, 6.45) is 1.46. The minimum atomic E-state index is -0.103. The van der Waals surface area contributed by atoms with E-state index in [1.54, 1.807) is 0 Å². The zero-order chi connectivity index (χ0) is 7.56. The number of hydrogen-bond donors (Lipinski definition) is 0. The van der Waals surface area contributed by atoms with E-state index >= 15 is 0 Å². The number of aromatic nitrogens is 1. The largest absolute Gasteiger partial charge is 0.301 e. The summed E-state index contributed by atoms with van der Waals surface area (Å²) in [5.41, 5.74) is 7.81. The molecular weight excluding hydrogens is 128 g/mol. The average Bonchev–Trinajstić information content (AvgIpc) is 1.88. The molecule has 0 aromatic carbocycles. The number of carbonyl (C=O) groups is 1. The van der Waals surface area contributed by atoms with E-state index in [4.69, 9.17) is 5.73 Å². The minimum Gasteiger partial charge on any atom is -0.301 e. The van der Waals surface area contributed by atoms with Gasteiger partial charge in [-0.25, -0.2) is 0 Å². The number of carbonyl (C=O) groups excluding carboxylic acids is 1. The highest BCUT2D eigenvalue weighted by atomic mass is 16.1. The molecule has 0 atom stereocenters. The van der Waals surface area contributed by atoms with Crippen LogP contribution >= 0.6 is 0 Å². The number of Topliss-reactive ketones (excluding diaryl/α,β-unsaturated/α-hetero) is 1. The zero-order valence-corrected chi connectivity index (χ0v) is 5.59. The first kappa shape index (κ1) is 6.74. The summed E-state index contributed by atoms with van der Waals surface area (Å²) in [6.45, 7) is 1.43. The highest BCUT2D eigenvalue weighted by Crippen LogP contribution is 2.04. The summed E-state index contributed by atoms with van der Waals surface area (Å²) in [6, 6.07) is 2.98. The molecule has 0 saturated heterocycles. The Morgan fingerprint density at radius 3 is 2.80 bits per heavy atom. The lowest BCUT2D eigenvalue weighted by atomic mass is 10.2. The molecule has 0 fully saturated rings. The standard InChI is InChI=1S/C7H7N2O/c1-5(10)7-4-6(8)2-3-9-7/h2-4,8H,1H3. The maximum atomic E-state index is 10.7. The third kappa shape index (κ3) is 1.31. The van der Waals surface area contributed by atoms with Crippen molar-refractivity contribution in [3.05, 3.63) is 24.0 Å². The number of hydrogen-bond acceptors (Lipinski definition) is 2. The third-order valence-corrected chi connectivity index (χ3v) is 1.12. The molecule has 0 spiro atoms. The van der Waals surface area contributed by atoms with Crippen molar-refractivity contribution in [3.63, 3.8) is 0 Å². The van der Waals surface area contributed by atoms with Crippen molar-refractivity contribution < 1.29 is 4.79 Å². The van der Waals surface area contributed by atoms with Gasteiger partial charge in [-0.1, -0.05) is 0 Å². The van der Waals surface area contributed by atoms with Crippen LogP contribution in [-0.4, -0.2) is 10.8 Å². The van der Waals surface area contributed by atoms with Gasteiger partial charge in [-0.3, -0.25) is 9.78 Å². The maximum absolute atomic E-state index is 10.7. The lowest BCUT2D eigenvalue weighted by Crippen LogP contribution is -1.94. The summed E-state index contributed by atoms with van der Waals surface area (Å²) in [4.78, 5) is 14.4. The van der Waals surface area contributed by atoms with Crippen LogP contribution in [0, 0.1) is 0 Å². The van der Waals surface area contributed by atoms with Gasteiger partial charge in [-0.2, -0.15) is 0 Å². The number of nitrogens with one attached hydrogen (secondary N) is 1. The quantitative estimate of drug-likeness (QED) is 0.543. The predicted octanol–water partition coefficient (Wildman–Crippen LogP) is 1.20. The third-order valence-electron chi connectivity index (χ3n) is 1.12. The molecule has 0 unspecified atom stereocenters. The van der Waals surface area contributed by atoms with E-state index in [1.807, 2.05) is 0 Å². The monoisotopic (exact) mass is 135 g/mol. The summed E-state index contributed by atoms with van der Waals surface area (Å²) >= 11 is 0. The SMILES string of the molecule is CC(=O)c1cc([NH])ccn1. The van der Waals surface area contributed by atoms with E-state index in [-0.39, 0.29) is 5.78 Å². The van der Waals surface area contributed by atoms with Gasteiger partial charge in [0.05, 0.1) is 5.69 Å². The lowest BCUT2D eigenvalue weighted by Gasteiger charge is -1.93. The second-order valence-corrected chi connectivity index (χ2v) is 1.99. The van der Waals surface area contributed by atoms with E-state index in [1.165, 1.54) is 25.3 Å². The number of nitrogens with zero attached hydrogens (tertiary/aromatic N) is 1. The topological polar surface area (TPSA) is 53.8 Å². The Labute approximate surface area is 58.9 Å². The molecule has 0 bridgehead atoms. The average molecular weight is 135 g/mol. The zero-order valence-electron chi connectivity index (χ0n) is 5.59. The molecule has 0 saturated carbocycles. The number of ketones is 1. The molecule has 1 aromatic heterocycles. The van der Waals surface area contributed by atoms with Gasteiger partial charge in [-0.05, 0) is 12.1 Å². The maximum Gasteiger partial charge on any atom is 0.178 e. The first-order chi connectivity index (χ1) is 4.70. The molecule has 1 radical (unpaired) electrons. The molecular formula is C7H7N2O. The van der Waals surface area contributed by atoms with E-state index in [0.717, 1.165) is 0 Å². The number of rotatable bonds is 1. The Bertz CT molecular complexity index is 258. The Hall–Kier alpha value is -1.38. The fourth-order valence-electron chi connectivity index (χ4n) is 0.623. The first-order valence-electron chi connectivity index (χ1n) is 2.89. The Balaban J connectivity index is 3.07. The van der Waals surface area contributed by atoms with Crippen molar-refractivity contribution in [3.8, 4) is 0 Å². The van der Waals surface area contributed by atoms with Gasteiger partial charge < -0.3 is 5.73 Å². The van der Waals surface area contributed by atoms with Gasteiger partial charge in [0.1, 0.15) is 5.69 Å². The highest BCUT2D eigenvalue weighted by Gasteiger charge is 1.98. The lowest BCUT2D eigenvalue weighted by molar-refractivity contribution is 0.101. The fraction of sp³-hybridized carbons (Fsp3) is 0.143. The Kier molecular flexibility index (Phi) is 1.67. The molecule has 0 aliphatic carbocycles. The van der Waals surface area contributed by atoms with E-state index in [0.29, 0.717) is 11.4 Å². The van der Waals surface area contributed by atoms with Crippen LogP contribution in [0.2, 0.25) is 0 Å². The van der Waals surface area contributed by atoms with Crippen molar-refractivity contribution in [2.24, 2.45) is 0 Å². The van der Waals surface area contributed by atoms with Crippen LogP contribution in [0.3, 0.4) is 0 Å². The summed E-state index contributed by atoms with van der Waals surface area (Å²) in [7, 11) is 0. The van der Waals surface area contributed by atoms with Crippen LogP contribution in [0.4, 0.5) is 5.69 Å². The van der Waals surface area contributed by atoms with Gasteiger partial charge in [0, 0.05) is 13.1 Å². The van der Waals surface area contributed by atoms with Gasteiger partial charge in [0.25, 0.3) is 0 Å². The fourth-order valence-corrected chi connectivity index (χ4v) is 0.623. The minimum absolute atomic E-state index is 0.103. The van der Waals surface area contributed by atoms with Crippen LogP contribution in [0.5, 0.6) is 0 Å². The van der Waals surface area contributed by atoms with Gasteiger partial charge in [0.2, 0.25) is 0 Å². The van der Waals surface area contributed by atoms with Crippen LogP contribution < -0.4 is 5.73 Å². The van der Waals surface area contributed by atoms with Gasteiger partial charge in [-0.15, -0.1) is 0 Å². The first-order valence-corrected chi connectivity index (χ1v) is 2.89. The smallest absolute Gasteiger partial charge is 0.178 e. The van der Waals surface area contributed by atoms with Gasteiger partial charge >= 0.3 is 0 Å². The molecule has 51 valence electrons. The molecule has 0 amide bonds. The van der Waals surface area contributed by atoms with Crippen molar-refractivity contribution in [1.82, 2.24) is 10.7 Å². The van der Waals surface area contributed by atoms with Crippen molar-refractivity contribution >= 4 is 11.5 Å². The Morgan fingerprint density at radius 1 is 1.70 bits per heavy atom. The second-order valence-electron chi connectivity index (χ2n) is 1.99. The molecule has 3 nitrogen and oxygen atoms in total. The molecule has 1 rings (SSSR count). The van der Waals surface area contributed by atoms with Crippen molar-refractivity contribution in [2.75, 3.05) is 0 Å². The second kappa shape index (κ2) is 2.47. The van der Waals surface area contributed by atoms with Crippen LogP contribution in [-0.2, 0) is 0 Å². The van der Waals surface area contributed by atoms with E-state index in [9.17, 15) is 4.79 Å². The van der Waals surface area contributed by atoms with Crippen LogP contribution in [0.15, 0.2) is 18.3 Å². The summed E-state index contributed by atoms with van der Waals surface area (Å²) in [5.74, 6) is -0.103. The number of pyridine rings is 1. The molecule has 1 heterocycles.